The predicted molar refractivity (Wildman–Crippen MR) is 91.3 cm³/mol. The molecule has 2 rings (SSSR count). The van der Waals surface area contributed by atoms with Crippen LogP contribution in [0.1, 0.15) is 13.8 Å². The minimum Gasteiger partial charge on any atom is -0.893 e. The first kappa shape index (κ1) is 32.2. The van der Waals surface area contributed by atoms with Crippen LogP contribution in [0.2, 0.25) is 6.82 Å². The standard InChI is InChI=1S/C10H8.C2H6.CH3BO2.2CH3.2Mg/c1-2-6-10-8-4-3-7-9(10)5-1;1-2;1-2(3)4;;;;/h1-8H;1-2H3;1H3;2*1H3;;/q;;-2;2*-1;2*+2. The maximum Gasteiger partial charge on any atom is 2.00 e. The molecule has 2 aromatic carbocycles. The monoisotopic (exact) mass is 294 g/mol. The second kappa shape index (κ2) is 21.5. The van der Waals surface area contributed by atoms with Gasteiger partial charge in [0, 0.05) is 0 Å². The minimum atomic E-state index is -1.67. The van der Waals surface area contributed by atoms with Gasteiger partial charge in [-0.1, -0.05) is 62.4 Å². The molecule has 102 valence electrons. The third-order valence-corrected chi connectivity index (χ3v) is 1.66. The number of fused-ring (bicyclic) bond motifs is 1. The summed E-state index contributed by atoms with van der Waals surface area (Å²) >= 11 is 0. The number of rotatable bonds is 0. The molecule has 0 aliphatic carbocycles. The van der Waals surface area contributed by atoms with Gasteiger partial charge in [0.1, 0.15) is 0 Å². The van der Waals surface area contributed by atoms with Crippen LogP contribution in [0, 0.1) is 14.9 Å². The van der Waals surface area contributed by atoms with E-state index in [1.165, 1.54) is 10.8 Å². The van der Waals surface area contributed by atoms with Crippen LogP contribution in [0.3, 0.4) is 0 Å². The predicted octanol–water partition coefficient (Wildman–Crippen LogP) is 1.83. The van der Waals surface area contributed by atoms with Gasteiger partial charge in [0.05, 0.1) is 0 Å². The molecule has 5 heteroatoms. The van der Waals surface area contributed by atoms with Gasteiger partial charge in [-0.05, 0) is 10.8 Å². The van der Waals surface area contributed by atoms with Crippen molar-refractivity contribution >= 4 is 64.0 Å². The van der Waals surface area contributed by atoms with Crippen LogP contribution in [-0.4, -0.2) is 53.2 Å². The number of hydrogen-bond acceptors (Lipinski definition) is 2. The Bertz CT molecular complexity index is 330. The third kappa shape index (κ3) is 16.3. The van der Waals surface area contributed by atoms with E-state index in [0.29, 0.717) is 0 Å². The Kier molecular flexibility index (Phi) is 34.7. The molecule has 0 atom stereocenters. The largest absolute Gasteiger partial charge is 2.00 e. The molecule has 0 aliphatic rings. The smallest absolute Gasteiger partial charge is 0.893 e. The zero-order valence-electron chi connectivity index (χ0n) is 13.4. The van der Waals surface area contributed by atoms with Crippen molar-refractivity contribution < 1.29 is 10.0 Å². The maximum absolute atomic E-state index is 8.97. The number of hydrogen-bond donors (Lipinski definition) is 0. The Morgan fingerprint density at radius 3 is 1.00 bits per heavy atom. The minimum absolute atomic E-state index is 0. The van der Waals surface area contributed by atoms with Gasteiger partial charge in [0.25, 0.3) is 0 Å². The van der Waals surface area contributed by atoms with E-state index in [-0.39, 0.29) is 61.0 Å². The summed E-state index contributed by atoms with van der Waals surface area (Å²) in [7, 11) is -1.67. The fraction of sp³-hybridized carbons (Fsp3) is 0.200. The third-order valence-electron chi connectivity index (χ3n) is 1.66. The van der Waals surface area contributed by atoms with Gasteiger partial charge in [-0.15, -0.1) is 13.9 Å². The SMILES string of the molecule is CB([O-])[O-].CC.[CH3-].[CH3-].[Mg+2].[Mg+2].c1ccc2ccccc2c1. The molecule has 0 aromatic heterocycles. The molecule has 0 amide bonds. The first-order valence-corrected chi connectivity index (χ1v) is 5.45. The van der Waals surface area contributed by atoms with E-state index in [4.69, 9.17) is 10.0 Å². The summed E-state index contributed by atoms with van der Waals surface area (Å²) in [6.07, 6.45) is 0. The van der Waals surface area contributed by atoms with Crippen molar-refractivity contribution in [1.29, 1.82) is 0 Å². The molecule has 0 spiro atoms. The summed E-state index contributed by atoms with van der Waals surface area (Å²) in [4.78, 5) is 0. The van der Waals surface area contributed by atoms with Crippen molar-refractivity contribution in [3.05, 3.63) is 63.4 Å². The van der Waals surface area contributed by atoms with Crippen LogP contribution in [0.4, 0.5) is 0 Å². The zero-order valence-corrected chi connectivity index (χ0v) is 16.3. The summed E-state index contributed by atoms with van der Waals surface area (Å²) in [6.45, 7) is 5.06. The normalized spacial score (nSPS) is 6.65. The second-order valence-electron chi connectivity index (χ2n) is 2.91. The van der Waals surface area contributed by atoms with Crippen LogP contribution in [0.25, 0.3) is 10.8 Å². The van der Waals surface area contributed by atoms with Crippen molar-refractivity contribution in [1.82, 2.24) is 0 Å². The van der Waals surface area contributed by atoms with Crippen molar-refractivity contribution in [3.63, 3.8) is 0 Å². The molecular weight excluding hydrogens is 272 g/mol. The average molecular weight is 295 g/mol. The molecule has 0 saturated carbocycles. The molecule has 0 aliphatic heterocycles. The van der Waals surface area contributed by atoms with Crippen molar-refractivity contribution in [3.8, 4) is 0 Å². The van der Waals surface area contributed by atoms with E-state index in [1.54, 1.807) is 0 Å². The van der Waals surface area contributed by atoms with Gasteiger partial charge in [-0.3, -0.25) is 0 Å². The van der Waals surface area contributed by atoms with E-state index in [2.05, 4.69) is 48.5 Å². The van der Waals surface area contributed by atoms with Crippen LogP contribution >= 0.6 is 0 Å². The number of benzene rings is 2. The molecule has 0 bridgehead atoms. The second-order valence-corrected chi connectivity index (χ2v) is 2.91. The molecule has 0 radical (unpaired) electrons. The van der Waals surface area contributed by atoms with E-state index in [0.717, 1.165) is 6.82 Å². The van der Waals surface area contributed by atoms with E-state index in [9.17, 15) is 0 Å². The van der Waals surface area contributed by atoms with Crippen LogP contribution in [-0.2, 0) is 0 Å². The molecule has 0 saturated heterocycles. The van der Waals surface area contributed by atoms with Crippen LogP contribution < -0.4 is 10.0 Å². The van der Waals surface area contributed by atoms with Gasteiger partial charge in [-0.2, -0.15) is 0 Å². The Morgan fingerprint density at radius 2 is 0.850 bits per heavy atom. The quantitative estimate of drug-likeness (QED) is 0.550. The summed E-state index contributed by atoms with van der Waals surface area (Å²) in [5, 5.41) is 20.6. The molecule has 0 N–H and O–H groups in total. The zero-order chi connectivity index (χ0) is 12.4. The molecule has 2 nitrogen and oxygen atoms in total. The molecule has 0 heterocycles. The fourth-order valence-corrected chi connectivity index (χ4v) is 1.13. The van der Waals surface area contributed by atoms with Gasteiger partial charge in [-0.25, -0.2) is 0 Å². The average Bonchev–Trinajstić information content (AvgIpc) is 2.31. The first-order chi connectivity index (χ1) is 7.70. The first-order valence-electron chi connectivity index (χ1n) is 5.45. The van der Waals surface area contributed by atoms with Crippen LogP contribution in [0.15, 0.2) is 48.5 Å². The Hall–Kier alpha value is 0.217. The Labute approximate surface area is 157 Å². The Balaban J connectivity index is -0.0000000672. The van der Waals surface area contributed by atoms with Gasteiger partial charge >= 0.3 is 46.1 Å². The Morgan fingerprint density at radius 1 is 0.700 bits per heavy atom. The summed E-state index contributed by atoms with van der Waals surface area (Å²) in [6, 6.07) is 16.7. The van der Waals surface area contributed by atoms with Crippen LogP contribution in [0.5, 0.6) is 0 Å². The van der Waals surface area contributed by atoms with Crippen molar-refractivity contribution in [2.75, 3.05) is 0 Å². The van der Waals surface area contributed by atoms with E-state index < -0.39 is 7.12 Å². The summed E-state index contributed by atoms with van der Waals surface area (Å²) in [5.74, 6) is 0. The van der Waals surface area contributed by atoms with E-state index >= 15 is 0 Å². The van der Waals surface area contributed by atoms with E-state index in [1.807, 2.05) is 13.8 Å². The molecular formula is C15H23BMg2O2. The maximum atomic E-state index is 8.97. The van der Waals surface area contributed by atoms with Gasteiger partial charge in [0.15, 0.2) is 0 Å². The summed E-state index contributed by atoms with van der Waals surface area (Å²) in [5.41, 5.74) is 0. The molecule has 20 heavy (non-hydrogen) atoms. The molecule has 2 aromatic rings. The van der Waals surface area contributed by atoms with Crippen molar-refractivity contribution in [2.45, 2.75) is 20.7 Å². The van der Waals surface area contributed by atoms with Gasteiger partial charge in [0.2, 0.25) is 0 Å². The van der Waals surface area contributed by atoms with Crippen molar-refractivity contribution in [2.24, 2.45) is 0 Å². The van der Waals surface area contributed by atoms with Gasteiger partial charge < -0.3 is 24.9 Å². The topological polar surface area (TPSA) is 46.1 Å². The fourth-order valence-electron chi connectivity index (χ4n) is 1.13. The summed E-state index contributed by atoms with van der Waals surface area (Å²) < 4.78 is 0. The molecule has 0 unspecified atom stereocenters. The molecule has 0 fully saturated rings.